The van der Waals surface area contributed by atoms with E-state index in [4.69, 9.17) is 33.9 Å². The summed E-state index contributed by atoms with van der Waals surface area (Å²) in [6.07, 6.45) is 10.5. The van der Waals surface area contributed by atoms with Crippen LogP contribution >= 0.6 is 10.7 Å². The van der Waals surface area contributed by atoms with Crippen molar-refractivity contribution in [2.45, 2.75) is 162 Å². The first kappa shape index (κ1) is 55.4. The minimum absolute atomic E-state index is 0.0301. The van der Waals surface area contributed by atoms with Crippen LogP contribution in [0.4, 0.5) is 0 Å². The molecule has 0 spiro atoms. The average Bonchev–Trinajstić information content (AvgIpc) is 3.72. The Hall–Kier alpha value is -1.62. The molecule has 2 saturated heterocycles. The number of aliphatic hydroxyl groups excluding tert-OH is 1. The van der Waals surface area contributed by atoms with Crippen LogP contribution in [0.25, 0.3) is 0 Å². The van der Waals surface area contributed by atoms with Gasteiger partial charge in [-0.1, -0.05) is 0 Å². The highest BCUT2D eigenvalue weighted by Gasteiger charge is 2.53. The Morgan fingerprint density at radius 3 is 1.42 bits per heavy atom. The Kier molecular flexibility index (Phi) is 20.7. The van der Waals surface area contributed by atoms with E-state index in [0.717, 1.165) is 23.4 Å². The van der Waals surface area contributed by atoms with E-state index in [0.29, 0.717) is 25.8 Å². The number of H-pyrrole nitrogens is 1. The normalized spacial score (nSPS) is 18.5. The molecule has 2 aliphatic rings. The molecule has 4 heterocycles. The maximum atomic E-state index is 10.4. The molecule has 22 heteroatoms. The molecule has 17 nitrogen and oxygen atoms in total. The summed E-state index contributed by atoms with van der Waals surface area (Å²) in [6.45, 7) is 27.2. The number of aromatic amines is 1. The summed E-state index contributed by atoms with van der Waals surface area (Å²) in [6, 6.07) is 0. The van der Waals surface area contributed by atoms with Crippen molar-refractivity contribution in [1.29, 1.82) is 0 Å². The maximum Gasteiger partial charge on any atom is 0.498 e. The molecule has 2 aromatic heterocycles. The molecule has 57 heavy (non-hydrogen) atoms. The lowest BCUT2D eigenvalue weighted by Crippen LogP contribution is -2.41. The number of hydrogen-bond donors (Lipinski definition) is 5. The van der Waals surface area contributed by atoms with Crippen LogP contribution in [0, 0.1) is 0 Å². The lowest BCUT2D eigenvalue weighted by Gasteiger charge is -2.32. The standard InChI is InChI=1S/C14H25BN2O3.C9H15BN2O2.C6H14O4S.C5H12O2.CH3ClO2S/c1-12(2,18)7-8-17-10-11(9-16-17)15-19-13(3,4)14(5,6)20-15;1-8(2)9(3,4)14-10(13-8)7-5-11-12-6-7;1-6(2,7)4-5-10-11(3,8)9;1-5(2,7)3-4-6;1-5(2,3)4/h9-10,18H,7-8H2,1-6H3;5-6H,1-4H3,(H,11,12);7H,4-5H2,1-3H3;6-7H,3-4H2,1-2H3;1H3. The van der Waals surface area contributed by atoms with Gasteiger partial charge in [-0.25, -0.2) is 8.42 Å². The monoisotopic (exact) mass is 874 g/mol. The van der Waals surface area contributed by atoms with Crippen LogP contribution in [0.1, 0.15) is 116 Å². The van der Waals surface area contributed by atoms with Crippen LogP contribution < -0.4 is 10.9 Å². The van der Waals surface area contributed by atoms with E-state index < -0.39 is 36.0 Å². The second kappa shape index (κ2) is 21.3. The van der Waals surface area contributed by atoms with E-state index >= 15 is 0 Å². The first-order valence-corrected chi connectivity index (χ1v) is 23.0. The predicted molar refractivity (Wildman–Crippen MR) is 224 cm³/mol. The van der Waals surface area contributed by atoms with Crippen LogP contribution in [0.3, 0.4) is 0 Å². The number of halogens is 1. The molecule has 0 bridgehead atoms. The van der Waals surface area contributed by atoms with Gasteiger partial charge in [-0.3, -0.25) is 14.0 Å². The molecular weight excluding hydrogens is 806 g/mol. The Morgan fingerprint density at radius 1 is 0.737 bits per heavy atom. The SMILES string of the molecule is CC(C)(O)CCO.CC(C)(O)CCOS(C)(=O)=O.CC(C)(O)CCn1cc(B2OC(C)(C)C(C)(C)O2)cn1.CC1(C)OB(c2cn[nH]c2)OC1(C)C.CS(=O)(=O)Cl. The van der Waals surface area contributed by atoms with Crippen molar-refractivity contribution in [2.24, 2.45) is 0 Å². The van der Waals surface area contributed by atoms with E-state index in [1.807, 2.05) is 66.3 Å². The lowest BCUT2D eigenvalue weighted by atomic mass is 9.82. The van der Waals surface area contributed by atoms with E-state index in [1.165, 1.54) is 0 Å². The van der Waals surface area contributed by atoms with E-state index in [-0.39, 0.29) is 49.9 Å². The Labute approximate surface area is 346 Å². The molecule has 0 aromatic carbocycles. The maximum absolute atomic E-state index is 10.4. The summed E-state index contributed by atoms with van der Waals surface area (Å²) in [4.78, 5) is 0. The van der Waals surface area contributed by atoms with Gasteiger partial charge < -0.3 is 39.0 Å². The van der Waals surface area contributed by atoms with Gasteiger partial charge in [-0.2, -0.15) is 18.6 Å². The quantitative estimate of drug-likeness (QED) is 0.124. The smallest absolute Gasteiger partial charge is 0.399 e. The third-order valence-corrected chi connectivity index (χ3v) is 9.51. The van der Waals surface area contributed by atoms with Crippen LogP contribution in [-0.4, -0.2) is 136 Å². The number of nitrogens with one attached hydrogen (secondary N) is 1. The van der Waals surface area contributed by atoms with Crippen molar-refractivity contribution < 1.29 is 60.1 Å². The number of rotatable bonds is 11. The van der Waals surface area contributed by atoms with Crippen molar-refractivity contribution in [3.05, 3.63) is 24.8 Å². The predicted octanol–water partition coefficient (Wildman–Crippen LogP) is 2.50. The van der Waals surface area contributed by atoms with Gasteiger partial charge in [0.25, 0.3) is 10.1 Å². The van der Waals surface area contributed by atoms with Crippen LogP contribution in [-0.2, 0) is 48.5 Å². The summed E-state index contributed by atoms with van der Waals surface area (Å²) in [5, 5.41) is 46.9. The molecule has 332 valence electrons. The van der Waals surface area contributed by atoms with Gasteiger partial charge in [0.2, 0.25) is 9.05 Å². The number of nitrogens with zero attached hydrogens (tertiary/aromatic N) is 3. The molecule has 0 amide bonds. The molecule has 2 aliphatic heterocycles. The van der Waals surface area contributed by atoms with Gasteiger partial charge >= 0.3 is 14.2 Å². The number of aromatic nitrogens is 4. The van der Waals surface area contributed by atoms with Gasteiger partial charge in [0, 0.05) is 66.0 Å². The minimum Gasteiger partial charge on any atom is -0.399 e. The van der Waals surface area contributed by atoms with Gasteiger partial charge in [0.05, 0.1) is 58.3 Å². The fourth-order valence-corrected chi connectivity index (χ4v) is 4.46. The highest BCUT2D eigenvalue weighted by atomic mass is 35.7. The third kappa shape index (κ3) is 24.3. The molecule has 0 aliphatic carbocycles. The highest BCUT2D eigenvalue weighted by molar-refractivity contribution is 8.13. The number of hydrogen-bond acceptors (Lipinski definition) is 15. The first-order chi connectivity index (χ1) is 25.2. The van der Waals surface area contributed by atoms with Gasteiger partial charge in [0.15, 0.2) is 0 Å². The van der Waals surface area contributed by atoms with Crippen molar-refractivity contribution in [2.75, 3.05) is 25.7 Å². The van der Waals surface area contributed by atoms with Crippen molar-refractivity contribution in [3.63, 3.8) is 0 Å². The third-order valence-electron chi connectivity index (χ3n) is 8.91. The molecular formula is C35H69B2ClN4O13S2. The average molecular weight is 875 g/mol. The summed E-state index contributed by atoms with van der Waals surface area (Å²) < 4.78 is 69.5. The topological polar surface area (TPSA) is 242 Å². The summed E-state index contributed by atoms with van der Waals surface area (Å²) in [7, 11) is -2.74. The zero-order valence-corrected chi connectivity index (χ0v) is 39.1. The van der Waals surface area contributed by atoms with E-state index in [1.54, 1.807) is 60.1 Å². The molecule has 0 atom stereocenters. The molecule has 0 saturated carbocycles. The van der Waals surface area contributed by atoms with Gasteiger partial charge in [-0.15, -0.1) is 0 Å². The van der Waals surface area contributed by atoms with Crippen LogP contribution in [0.15, 0.2) is 24.8 Å². The molecule has 4 rings (SSSR count). The fourth-order valence-electron chi connectivity index (χ4n) is 4.08. The molecule has 0 unspecified atom stereocenters. The van der Waals surface area contributed by atoms with E-state index in [2.05, 4.69) is 30.2 Å². The Bertz CT molecular complexity index is 1650. The van der Waals surface area contributed by atoms with E-state index in [9.17, 15) is 21.9 Å². The summed E-state index contributed by atoms with van der Waals surface area (Å²) in [5.74, 6) is 0. The summed E-state index contributed by atoms with van der Waals surface area (Å²) in [5.41, 5.74) is -1.65. The van der Waals surface area contributed by atoms with Crippen molar-refractivity contribution >= 4 is 55.0 Å². The number of aryl methyl sites for hydroxylation is 1. The fraction of sp³-hybridized carbons (Fsp3) is 0.829. The largest absolute Gasteiger partial charge is 0.498 e. The van der Waals surface area contributed by atoms with Gasteiger partial charge in [0.1, 0.15) is 0 Å². The Balaban J connectivity index is 0.000000745. The molecule has 2 aromatic rings. The first-order valence-electron chi connectivity index (χ1n) is 18.4. The molecule has 0 radical (unpaired) electrons. The number of aliphatic hydroxyl groups is 4. The van der Waals surface area contributed by atoms with Crippen LogP contribution in [0.5, 0.6) is 0 Å². The minimum atomic E-state index is -3.36. The lowest BCUT2D eigenvalue weighted by molar-refractivity contribution is 0.00578. The highest BCUT2D eigenvalue weighted by Crippen LogP contribution is 2.37. The zero-order valence-electron chi connectivity index (χ0n) is 36.7. The van der Waals surface area contributed by atoms with Crippen molar-refractivity contribution in [3.8, 4) is 0 Å². The Morgan fingerprint density at radius 2 is 1.12 bits per heavy atom. The molecule has 2 fully saturated rings. The van der Waals surface area contributed by atoms with Crippen molar-refractivity contribution in [1.82, 2.24) is 20.0 Å². The molecule has 5 N–H and O–H groups in total. The second-order valence-corrected chi connectivity index (χ2v) is 22.6. The van der Waals surface area contributed by atoms with Gasteiger partial charge in [-0.05, 0) is 110 Å². The van der Waals surface area contributed by atoms with Crippen LogP contribution in [0.2, 0.25) is 0 Å². The summed E-state index contributed by atoms with van der Waals surface area (Å²) >= 11 is 0. The zero-order chi connectivity index (χ0) is 45.1. The second-order valence-electron chi connectivity index (χ2n) is 17.9.